The number of nitrogens with one attached hydrogen (secondary N) is 2. The third-order valence-corrected chi connectivity index (χ3v) is 5.39. The highest BCUT2D eigenvalue weighted by atomic mass is 16.2. The zero-order valence-corrected chi connectivity index (χ0v) is 15.3. The molecule has 8 nitrogen and oxygen atoms in total. The lowest BCUT2D eigenvalue weighted by Crippen LogP contribution is -2.23. The Morgan fingerprint density at radius 2 is 2.07 bits per heavy atom. The molecule has 4 aromatic rings. The van der Waals surface area contributed by atoms with E-state index in [-0.39, 0.29) is 0 Å². The third-order valence-electron chi connectivity index (χ3n) is 5.39. The molecule has 0 saturated heterocycles. The van der Waals surface area contributed by atoms with E-state index in [0.29, 0.717) is 28.7 Å². The topological polar surface area (TPSA) is 120 Å². The minimum Gasteiger partial charge on any atom is -0.313 e. The van der Waals surface area contributed by atoms with Gasteiger partial charge in [-0.2, -0.15) is 10.4 Å². The van der Waals surface area contributed by atoms with Crippen LogP contribution >= 0.6 is 0 Å². The second-order valence-corrected chi connectivity index (χ2v) is 7.28. The summed E-state index contributed by atoms with van der Waals surface area (Å²) in [6.45, 7) is 0. The quantitative estimate of drug-likeness (QED) is 0.558. The fraction of sp³-hybridized carbons (Fsp3) is 0.190. The highest BCUT2D eigenvalue weighted by molar-refractivity contribution is 5.63. The predicted molar refractivity (Wildman–Crippen MR) is 105 cm³/mol. The first kappa shape index (κ1) is 17.1. The van der Waals surface area contributed by atoms with Crippen LogP contribution in [-0.4, -0.2) is 24.6 Å². The molecule has 0 amide bonds. The van der Waals surface area contributed by atoms with Gasteiger partial charge in [0.15, 0.2) is 5.65 Å². The van der Waals surface area contributed by atoms with Gasteiger partial charge in [-0.25, -0.2) is 14.3 Å². The summed E-state index contributed by atoms with van der Waals surface area (Å²) in [6.07, 6.45) is 6.76. The minimum absolute atomic E-state index is 0.311. The van der Waals surface area contributed by atoms with E-state index in [4.69, 9.17) is 5.26 Å². The number of aromatic nitrogens is 5. The third kappa shape index (κ3) is 3.12. The summed E-state index contributed by atoms with van der Waals surface area (Å²) < 4.78 is 1.67. The van der Waals surface area contributed by atoms with Crippen molar-refractivity contribution < 1.29 is 0 Å². The van der Waals surface area contributed by atoms with Crippen LogP contribution in [-0.2, 0) is 6.42 Å². The molecular formula is C21H16N6O2. The molecule has 2 atom stereocenters. The number of aromatic amines is 2. The molecule has 0 radical (unpaired) electrons. The van der Waals surface area contributed by atoms with Crippen molar-refractivity contribution in [1.82, 2.24) is 24.6 Å². The van der Waals surface area contributed by atoms with Crippen molar-refractivity contribution in [2.75, 3.05) is 0 Å². The lowest BCUT2D eigenvalue weighted by atomic mass is 10.0. The van der Waals surface area contributed by atoms with Crippen LogP contribution in [0.5, 0.6) is 0 Å². The number of nitrogens with zero attached hydrogens (tertiary/aromatic N) is 4. The molecule has 1 saturated carbocycles. The van der Waals surface area contributed by atoms with Crippen LogP contribution < -0.4 is 11.2 Å². The summed E-state index contributed by atoms with van der Waals surface area (Å²) >= 11 is 0. The standard InChI is InChI=1S/C21H16N6O2/c22-10-13-3-1-12(2-4-13)7-14-8-15(14)16-9-18(26-27-6-5-23-19(16)27)17-11-24-21(29)25-20(17)28/h1-6,9,11,14-15H,7-8H2,(H2,24,25,28,29)/t14-,15-/m1/s1. The highest BCUT2D eigenvalue weighted by Crippen LogP contribution is 2.50. The van der Waals surface area contributed by atoms with E-state index in [2.05, 4.69) is 26.1 Å². The van der Waals surface area contributed by atoms with Crippen LogP contribution in [0, 0.1) is 17.2 Å². The Morgan fingerprint density at radius 3 is 2.83 bits per heavy atom. The number of H-pyrrole nitrogens is 2. The second kappa shape index (κ2) is 6.56. The monoisotopic (exact) mass is 384 g/mol. The van der Waals surface area contributed by atoms with E-state index in [1.54, 1.807) is 16.9 Å². The predicted octanol–water partition coefficient (Wildman–Crippen LogP) is 1.99. The average Bonchev–Trinajstić information content (AvgIpc) is 3.31. The molecule has 1 aliphatic carbocycles. The van der Waals surface area contributed by atoms with Gasteiger partial charge in [-0.05, 0) is 48.4 Å². The zero-order chi connectivity index (χ0) is 20.0. The Balaban J connectivity index is 1.49. The van der Waals surface area contributed by atoms with Crippen molar-refractivity contribution >= 4 is 5.65 Å². The van der Waals surface area contributed by atoms with E-state index in [1.807, 2.05) is 30.3 Å². The normalized spacial score (nSPS) is 17.9. The summed E-state index contributed by atoms with van der Waals surface area (Å²) in [5.41, 5.74) is 3.46. The SMILES string of the molecule is N#Cc1ccc(C[C@@H]2C[C@H]2c2cc(-c3c[nH]c(=O)[nH]c3=O)nn3ccnc23)cc1. The first-order chi connectivity index (χ1) is 14.1. The van der Waals surface area contributed by atoms with Gasteiger partial charge in [0.1, 0.15) is 0 Å². The first-order valence-corrected chi connectivity index (χ1v) is 9.28. The fourth-order valence-corrected chi connectivity index (χ4v) is 3.82. The molecule has 1 aliphatic rings. The van der Waals surface area contributed by atoms with E-state index < -0.39 is 11.2 Å². The molecule has 1 aromatic carbocycles. The van der Waals surface area contributed by atoms with Gasteiger partial charge in [0.25, 0.3) is 5.56 Å². The molecule has 0 aliphatic heterocycles. The van der Waals surface area contributed by atoms with Gasteiger partial charge in [0.05, 0.1) is 22.9 Å². The molecule has 5 rings (SSSR count). The second-order valence-electron chi connectivity index (χ2n) is 7.28. The number of hydrogen-bond acceptors (Lipinski definition) is 5. The van der Waals surface area contributed by atoms with Crippen molar-refractivity contribution in [2.45, 2.75) is 18.8 Å². The van der Waals surface area contributed by atoms with Crippen molar-refractivity contribution in [3.05, 3.63) is 86.5 Å². The lowest BCUT2D eigenvalue weighted by Gasteiger charge is -2.07. The number of benzene rings is 1. The lowest BCUT2D eigenvalue weighted by molar-refractivity contribution is 0.790. The molecule has 8 heteroatoms. The summed E-state index contributed by atoms with van der Waals surface area (Å²) in [5, 5.41) is 13.4. The van der Waals surface area contributed by atoms with Crippen molar-refractivity contribution in [3.8, 4) is 17.3 Å². The maximum atomic E-state index is 12.2. The Hall–Kier alpha value is -3.99. The first-order valence-electron chi connectivity index (χ1n) is 9.28. The molecule has 0 unspecified atom stereocenters. The van der Waals surface area contributed by atoms with Crippen LogP contribution in [0.2, 0.25) is 0 Å². The van der Waals surface area contributed by atoms with E-state index in [0.717, 1.165) is 24.1 Å². The highest BCUT2D eigenvalue weighted by Gasteiger charge is 2.40. The maximum absolute atomic E-state index is 12.2. The van der Waals surface area contributed by atoms with Gasteiger partial charge in [-0.1, -0.05) is 12.1 Å². The van der Waals surface area contributed by atoms with E-state index in [9.17, 15) is 9.59 Å². The van der Waals surface area contributed by atoms with Gasteiger partial charge >= 0.3 is 5.69 Å². The van der Waals surface area contributed by atoms with Gasteiger partial charge in [-0.3, -0.25) is 9.78 Å². The van der Waals surface area contributed by atoms with Crippen molar-refractivity contribution in [1.29, 1.82) is 5.26 Å². The molecule has 0 bridgehead atoms. The van der Waals surface area contributed by atoms with E-state index >= 15 is 0 Å². The molecule has 2 N–H and O–H groups in total. The maximum Gasteiger partial charge on any atom is 0.325 e. The molecule has 142 valence electrons. The molecule has 1 fully saturated rings. The van der Waals surface area contributed by atoms with Crippen LogP contribution in [0.1, 0.15) is 29.0 Å². The molecule has 3 aromatic heterocycles. The summed E-state index contributed by atoms with van der Waals surface area (Å²) in [4.78, 5) is 32.7. The zero-order valence-electron chi connectivity index (χ0n) is 15.3. The minimum atomic E-state index is -0.549. The number of nitriles is 1. The van der Waals surface area contributed by atoms with Crippen molar-refractivity contribution in [2.24, 2.45) is 5.92 Å². The Labute approximate surface area is 164 Å². The molecule has 29 heavy (non-hydrogen) atoms. The smallest absolute Gasteiger partial charge is 0.313 e. The number of rotatable bonds is 4. The Morgan fingerprint density at radius 1 is 1.24 bits per heavy atom. The average molecular weight is 384 g/mol. The number of hydrogen-bond donors (Lipinski definition) is 2. The number of imidazole rings is 1. The molecular weight excluding hydrogens is 368 g/mol. The molecule has 0 spiro atoms. The summed E-state index contributed by atoms with van der Waals surface area (Å²) in [5.74, 6) is 0.784. The van der Waals surface area contributed by atoms with Crippen LogP contribution in [0.4, 0.5) is 0 Å². The van der Waals surface area contributed by atoms with Gasteiger partial charge in [0, 0.05) is 24.2 Å². The summed E-state index contributed by atoms with van der Waals surface area (Å²) in [6, 6.07) is 11.7. The van der Waals surface area contributed by atoms with Gasteiger partial charge in [0.2, 0.25) is 0 Å². The van der Waals surface area contributed by atoms with E-state index in [1.165, 1.54) is 11.8 Å². The Bertz CT molecular complexity index is 1370. The Kier molecular flexibility index (Phi) is 3.88. The van der Waals surface area contributed by atoms with Gasteiger partial charge in [-0.15, -0.1) is 0 Å². The van der Waals surface area contributed by atoms with Gasteiger partial charge < -0.3 is 4.98 Å². The summed E-state index contributed by atoms with van der Waals surface area (Å²) in [7, 11) is 0. The molecule has 3 heterocycles. The fourth-order valence-electron chi connectivity index (χ4n) is 3.82. The van der Waals surface area contributed by atoms with Crippen LogP contribution in [0.25, 0.3) is 16.9 Å². The largest absolute Gasteiger partial charge is 0.325 e. The van der Waals surface area contributed by atoms with Crippen LogP contribution in [0.15, 0.2) is 58.5 Å². The van der Waals surface area contributed by atoms with Crippen LogP contribution in [0.3, 0.4) is 0 Å². The number of fused-ring (bicyclic) bond motifs is 1. The van der Waals surface area contributed by atoms with Crippen molar-refractivity contribution in [3.63, 3.8) is 0 Å².